The number of hydrogen-bond acceptors (Lipinski definition) is 3. The van der Waals surface area contributed by atoms with Gasteiger partial charge in [0.15, 0.2) is 0 Å². The van der Waals surface area contributed by atoms with Crippen LogP contribution in [0.2, 0.25) is 0 Å². The third kappa shape index (κ3) is 3.99. The van der Waals surface area contributed by atoms with Crippen LogP contribution in [0.1, 0.15) is 23.6 Å². The Balaban J connectivity index is 1.68. The monoisotopic (exact) mass is 320 g/mol. The number of thioether (sulfide) groups is 1. The zero-order valence-electron chi connectivity index (χ0n) is 13.5. The van der Waals surface area contributed by atoms with Crippen LogP contribution in [-0.2, 0) is 12.2 Å². The van der Waals surface area contributed by atoms with Crippen LogP contribution in [0, 0.1) is 6.92 Å². The quantitative estimate of drug-likeness (QED) is 0.596. The van der Waals surface area contributed by atoms with Gasteiger partial charge in [-0.05, 0) is 42.2 Å². The molecule has 116 valence electrons. The van der Waals surface area contributed by atoms with Crippen molar-refractivity contribution in [3.8, 4) is 11.3 Å². The Kier molecular flexibility index (Phi) is 5.09. The second-order valence-electron chi connectivity index (χ2n) is 5.52. The Bertz CT molecular complexity index is 764. The highest BCUT2D eigenvalue weighted by molar-refractivity contribution is 7.98. The van der Waals surface area contributed by atoms with E-state index in [9.17, 15) is 0 Å². The summed E-state index contributed by atoms with van der Waals surface area (Å²) >= 11 is 1.72. The Labute approximate surface area is 142 Å². The van der Waals surface area contributed by atoms with Gasteiger partial charge in [0, 0.05) is 11.3 Å². The molecule has 1 aromatic heterocycles. The molecule has 0 saturated carbocycles. The molecule has 0 unspecified atom stereocenters. The van der Waals surface area contributed by atoms with Gasteiger partial charge in [-0.2, -0.15) is 0 Å². The van der Waals surface area contributed by atoms with E-state index in [1.165, 1.54) is 16.7 Å². The van der Waals surface area contributed by atoms with Crippen LogP contribution in [0.5, 0.6) is 0 Å². The highest BCUT2D eigenvalue weighted by atomic mass is 32.2. The first-order chi connectivity index (χ1) is 11.3. The van der Waals surface area contributed by atoms with E-state index < -0.39 is 0 Å². The van der Waals surface area contributed by atoms with Crippen LogP contribution < -0.4 is 0 Å². The molecule has 0 amide bonds. The van der Waals surface area contributed by atoms with Gasteiger partial charge in [-0.1, -0.05) is 67.2 Å². The SMILES string of the molecule is CCc1ccc(-c2ccc(SCc3ccccc3C)nn2)cc1. The molecule has 3 aromatic rings. The predicted octanol–water partition coefficient (Wildman–Crippen LogP) is 5.31. The van der Waals surface area contributed by atoms with E-state index in [4.69, 9.17) is 0 Å². The fourth-order valence-electron chi connectivity index (χ4n) is 2.39. The van der Waals surface area contributed by atoms with Crippen LogP contribution >= 0.6 is 11.8 Å². The normalized spacial score (nSPS) is 10.7. The van der Waals surface area contributed by atoms with Crippen molar-refractivity contribution in [2.75, 3.05) is 0 Å². The van der Waals surface area contributed by atoms with E-state index in [0.717, 1.165) is 28.5 Å². The average molecular weight is 320 g/mol. The van der Waals surface area contributed by atoms with E-state index >= 15 is 0 Å². The van der Waals surface area contributed by atoms with Crippen molar-refractivity contribution in [1.29, 1.82) is 0 Å². The van der Waals surface area contributed by atoms with Crippen molar-refractivity contribution in [3.63, 3.8) is 0 Å². The van der Waals surface area contributed by atoms with Gasteiger partial charge >= 0.3 is 0 Å². The molecule has 0 aliphatic heterocycles. The molecule has 0 spiro atoms. The van der Waals surface area contributed by atoms with Gasteiger partial charge in [0.25, 0.3) is 0 Å². The second kappa shape index (κ2) is 7.42. The summed E-state index contributed by atoms with van der Waals surface area (Å²) in [5, 5.41) is 9.68. The van der Waals surface area contributed by atoms with E-state index in [1.54, 1.807) is 11.8 Å². The molecule has 0 saturated heterocycles. The zero-order chi connectivity index (χ0) is 16.1. The van der Waals surface area contributed by atoms with Gasteiger partial charge in [-0.25, -0.2) is 0 Å². The third-order valence-electron chi connectivity index (χ3n) is 3.93. The topological polar surface area (TPSA) is 25.8 Å². The number of hydrogen-bond donors (Lipinski definition) is 0. The summed E-state index contributed by atoms with van der Waals surface area (Å²) in [6, 6.07) is 21.1. The molecule has 2 nitrogen and oxygen atoms in total. The van der Waals surface area contributed by atoms with Crippen LogP contribution in [0.4, 0.5) is 0 Å². The first kappa shape index (κ1) is 15.8. The van der Waals surface area contributed by atoms with Crippen LogP contribution in [0.25, 0.3) is 11.3 Å². The average Bonchev–Trinajstić information content (AvgIpc) is 2.62. The minimum Gasteiger partial charge on any atom is -0.149 e. The summed E-state index contributed by atoms with van der Waals surface area (Å²) in [6.07, 6.45) is 1.06. The lowest BCUT2D eigenvalue weighted by atomic mass is 10.1. The third-order valence-corrected chi connectivity index (χ3v) is 4.90. The number of rotatable bonds is 5. The summed E-state index contributed by atoms with van der Waals surface area (Å²) in [4.78, 5) is 0. The second-order valence-corrected chi connectivity index (χ2v) is 6.52. The molecular formula is C20H20N2S. The van der Waals surface area contributed by atoms with Gasteiger partial charge in [0.1, 0.15) is 5.03 Å². The molecule has 2 aromatic carbocycles. The maximum Gasteiger partial charge on any atom is 0.119 e. The highest BCUT2D eigenvalue weighted by Crippen LogP contribution is 2.24. The fourth-order valence-corrected chi connectivity index (χ4v) is 3.28. The van der Waals surface area contributed by atoms with Gasteiger partial charge in [0.05, 0.1) is 5.69 Å². The van der Waals surface area contributed by atoms with E-state index in [2.05, 4.69) is 78.6 Å². The molecule has 1 heterocycles. The number of aromatic nitrogens is 2. The van der Waals surface area contributed by atoms with Gasteiger partial charge in [-0.3, -0.25) is 0 Å². The predicted molar refractivity (Wildman–Crippen MR) is 97.6 cm³/mol. The van der Waals surface area contributed by atoms with E-state index in [1.807, 2.05) is 6.07 Å². The van der Waals surface area contributed by atoms with Crippen LogP contribution in [0.15, 0.2) is 65.7 Å². The Morgan fingerprint density at radius 3 is 2.30 bits per heavy atom. The lowest BCUT2D eigenvalue weighted by Crippen LogP contribution is -1.91. The van der Waals surface area contributed by atoms with Crippen molar-refractivity contribution < 1.29 is 0 Å². The lowest BCUT2D eigenvalue weighted by Gasteiger charge is -2.05. The van der Waals surface area contributed by atoms with Crippen molar-refractivity contribution in [2.45, 2.75) is 31.0 Å². The van der Waals surface area contributed by atoms with Crippen LogP contribution in [0.3, 0.4) is 0 Å². The van der Waals surface area contributed by atoms with Crippen LogP contribution in [-0.4, -0.2) is 10.2 Å². The first-order valence-corrected chi connectivity index (χ1v) is 8.85. The van der Waals surface area contributed by atoms with Crippen molar-refractivity contribution in [3.05, 3.63) is 77.4 Å². The smallest absolute Gasteiger partial charge is 0.119 e. The standard InChI is InChI=1S/C20H20N2S/c1-3-16-8-10-17(11-9-16)19-12-13-20(22-21-19)23-14-18-7-5-4-6-15(18)2/h4-13H,3,14H2,1-2H3. The molecule has 0 fully saturated rings. The molecule has 23 heavy (non-hydrogen) atoms. The summed E-state index contributed by atoms with van der Waals surface area (Å²) in [5.41, 5.74) is 6.05. The lowest BCUT2D eigenvalue weighted by molar-refractivity contribution is 0.935. The Morgan fingerprint density at radius 2 is 1.65 bits per heavy atom. The fraction of sp³-hybridized carbons (Fsp3) is 0.200. The van der Waals surface area contributed by atoms with Crippen molar-refractivity contribution in [2.24, 2.45) is 0 Å². The Morgan fingerprint density at radius 1 is 0.870 bits per heavy atom. The molecular weight excluding hydrogens is 300 g/mol. The maximum absolute atomic E-state index is 4.37. The molecule has 0 N–H and O–H groups in total. The van der Waals surface area contributed by atoms with Crippen molar-refractivity contribution in [1.82, 2.24) is 10.2 Å². The molecule has 0 aliphatic rings. The molecule has 0 radical (unpaired) electrons. The van der Waals surface area contributed by atoms with Gasteiger partial charge in [-0.15, -0.1) is 10.2 Å². The summed E-state index contributed by atoms with van der Waals surface area (Å²) in [6.45, 7) is 4.31. The molecule has 0 atom stereocenters. The van der Waals surface area contributed by atoms with Gasteiger partial charge in [0.2, 0.25) is 0 Å². The maximum atomic E-state index is 4.37. The molecule has 3 rings (SSSR count). The number of benzene rings is 2. The number of nitrogens with zero attached hydrogens (tertiary/aromatic N) is 2. The Hall–Kier alpha value is -2.13. The first-order valence-electron chi connectivity index (χ1n) is 7.86. The summed E-state index contributed by atoms with van der Waals surface area (Å²) < 4.78 is 0. The summed E-state index contributed by atoms with van der Waals surface area (Å²) in [5.74, 6) is 0.923. The number of aryl methyl sites for hydroxylation is 2. The molecule has 3 heteroatoms. The highest BCUT2D eigenvalue weighted by Gasteiger charge is 2.03. The van der Waals surface area contributed by atoms with E-state index in [-0.39, 0.29) is 0 Å². The van der Waals surface area contributed by atoms with E-state index in [0.29, 0.717) is 0 Å². The molecule has 0 aliphatic carbocycles. The largest absolute Gasteiger partial charge is 0.149 e. The zero-order valence-corrected chi connectivity index (χ0v) is 14.3. The summed E-state index contributed by atoms with van der Waals surface area (Å²) in [7, 11) is 0. The minimum absolute atomic E-state index is 0.923. The van der Waals surface area contributed by atoms with Crippen molar-refractivity contribution >= 4 is 11.8 Å². The molecule has 0 bridgehead atoms. The minimum atomic E-state index is 0.923. The van der Waals surface area contributed by atoms with Gasteiger partial charge < -0.3 is 0 Å².